The average molecular weight is 424 g/mol. The summed E-state index contributed by atoms with van der Waals surface area (Å²) in [4.78, 5) is 18.8. The maximum Gasteiger partial charge on any atom is 0.248 e. The van der Waals surface area contributed by atoms with Crippen LogP contribution in [0.25, 0.3) is 0 Å². The van der Waals surface area contributed by atoms with Crippen molar-refractivity contribution in [3.63, 3.8) is 0 Å². The summed E-state index contributed by atoms with van der Waals surface area (Å²) in [7, 11) is -2.32. The number of methoxy groups -OCH3 is 1. The molecule has 29 heavy (non-hydrogen) atoms. The fraction of sp³-hybridized carbons (Fsp3) is 0.700. The first-order valence-electron chi connectivity index (χ1n) is 10.4. The summed E-state index contributed by atoms with van der Waals surface area (Å²) in [6, 6.07) is 3.12. The van der Waals surface area contributed by atoms with Crippen LogP contribution in [0.1, 0.15) is 38.5 Å². The zero-order valence-electron chi connectivity index (χ0n) is 16.9. The number of carbonyl (C=O) groups is 1. The van der Waals surface area contributed by atoms with E-state index >= 15 is 0 Å². The van der Waals surface area contributed by atoms with E-state index in [9.17, 15) is 13.2 Å². The summed E-state index contributed by atoms with van der Waals surface area (Å²) < 4.78 is 39.2. The molecule has 1 aliphatic carbocycles. The van der Waals surface area contributed by atoms with Crippen LogP contribution in [0.3, 0.4) is 0 Å². The standard InChI is InChI=1S/C20H29N3O5S/c1-27-18-17(7-4-10-21-18)29(25,26)23-13-14-28-20(15-23)8-11-22(12-9-20)19(24)16-5-2-3-6-16/h4,7,10,16H,2-3,5-6,8-9,11-15H2,1H3. The number of rotatable bonds is 4. The van der Waals surface area contributed by atoms with Crippen LogP contribution in [-0.4, -0.2) is 74.0 Å². The molecule has 2 aliphatic heterocycles. The van der Waals surface area contributed by atoms with Gasteiger partial charge < -0.3 is 14.4 Å². The van der Waals surface area contributed by atoms with Crippen molar-refractivity contribution in [1.82, 2.24) is 14.2 Å². The van der Waals surface area contributed by atoms with Crippen LogP contribution in [0.5, 0.6) is 5.88 Å². The molecule has 3 fully saturated rings. The molecule has 3 aliphatic rings. The van der Waals surface area contributed by atoms with Gasteiger partial charge in [0.1, 0.15) is 4.90 Å². The Balaban J connectivity index is 1.45. The Hall–Kier alpha value is -1.71. The van der Waals surface area contributed by atoms with Gasteiger partial charge in [-0.25, -0.2) is 13.4 Å². The summed E-state index contributed by atoms with van der Waals surface area (Å²) in [5.41, 5.74) is -0.535. The Morgan fingerprint density at radius 2 is 1.97 bits per heavy atom. The van der Waals surface area contributed by atoms with Gasteiger partial charge in [-0.15, -0.1) is 0 Å². The van der Waals surface area contributed by atoms with Gasteiger partial charge in [-0.2, -0.15) is 4.31 Å². The van der Waals surface area contributed by atoms with Gasteiger partial charge in [-0.05, 0) is 37.8 Å². The number of nitrogens with zero attached hydrogens (tertiary/aromatic N) is 3. The summed E-state index contributed by atoms with van der Waals surface area (Å²) in [6.07, 6.45) is 7.09. The van der Waals surface area contributed by atoms with Crippen molar-refractivity contribution in [3.05, 3.63) is 18.3 Å². The molecule has 0 radical (unpaired) electrons. The Labute approximate surface area is 172 Å². The quantitative estimate of drug-likeness (QED) is 0.732. The smallest absolute Gasteiger partial charge is 0.248 e. The van der Waals surface area contributed by atoms with Crippen LogP contribution < -0.4 is 4.74 Å². The van der Waals surface area contributed by atoms with Crippen molar-refractivity contribution in [2.75, 3.05) is 39.9 Å². The third-order valence-electron chi connectivity index (χ3n) is 6.45. The molecule has 0 N–H and O–H groups in total. The second-order valence-corrected chi connectivity index (χ2v) is 10.1. The Kier molecular flexibility index (Phi) is 5.81. The zero-order chi connectivity index (χ0) is 20.5. The van der Waals surface area contributed by atoms with E-state index in [2.05, 4.69) is 4.98 Å². The highest BCUT2D eigenvalue weighted by atomic mass is 32.2. The lowest BCUT2D eigenvalue weighted by atomic mass is 9.89. The van der Waals surface area contributed by atoms with Crippen LogP contribution >= 0.6 is 0 Å². The molecular formula is C20H29N3O5S. The molecule has 4 rings (SSSR count). The van der Waals surface area contributed by atoms with Crippen LogP contribution in [0.2, 0.25) is 0 Å². The van der Waals surface area contributed by atoms with Crippen LogP contribution in [0.4, 0.5) is 0 Å². The van der Waals surface area contributed by atoms with Crippen molar-refractivity contribution < 1.29 is 22.7 Å². The third kappa shape index (κ3) is 4.00. The van der Waals surface area contributed by atoms with Crippen molar-refractivity contribution in [3.8, 4) is 5.88 Å². The zero-order valence-corrected chi connectivity index (χ0v) is 17.7. The highest BCUT2D eigenvalue weighted by molar-refractivity contribution is 7.89. The van der Waals surface area contributed by atoms with Gasteiger partial charge in [0.25, 0.3) is 0 Å². The van der Waals surface area contributed by atoms with Gasteiger partial charge in [0.2, 0.25) is 21.8 Å². The normalized spacial score (nSPS) is 23.4. The van der Waals surface area contributed by atoms with Gasteiger partial charge >= 0.3 is 0 Å². The number of piperidine rings is 1. The van der Waals surface area contributed by atoms with E-state index in [1.54, 1.807) is 6.07 Å². The fourth-order valence-electron chi connectivity index (χ4n) is 4.75. The number of ether oxygens (including phenoxy) is 2. The van der Waals surface area contributed by atoms with E-state index in [0.29, 0.717) is 45.6 Å². The highest BCUT2D eigenvalue weighted by Gasteiger charge is 2.45. The monoisotopic (exact) mass is 423 g/mol. The molecule has 0 bridgehead atoms. The molecule has 0 aromatic carbocycles. The van der Waals surface area contributed by atoms with Gasteiger partial charge in [0.15, 0.2) is 0 Å². The molecule has 1 aromatic heterocycles. The molecule has 0 atom stereocenters. The average Bonchev–Trinajstić information content (AvgIpc) is 3.29. The van der Waals surface area contributed by atoms with E-state index in [-0.39, 0.29) is 22.6 Å². The molecule has 2 saturated heterocycles. The maximum atomic E-state index is 13.2. The minimum atomic E-state index is -3.74. The minimum Gasteiger partial charge on any atom is -0.480 e. The van der Waals surface area contributed by atoms with E-state index in [1.165, 1.54) is 23.7 Å². The highest BCUT2D eigenvalue weighted by Crippen LogP contribution is 2.35. The number of morpholine rings is 1. The third-order valence-corrected chi connectivity index (χ3v) is 8.31. The first-order valence-corrected chi connectivity index (χ1v) is 11.8. The first kappa shape index (κ1) is 20.6. The molecule has 160 valence electrons. The lowest BCUT2D eigenvalue weighted by molar-refractivity contribution is -0.148. The molecular weight excluding hydrogens is 394 g/mol. The maximum absolute atomic E-state index is 13.2. The predicted octanol–water partition coefficient (Wildman–Crippen LogP) is 1.66. The number of hydrogen-bond donors (Lipinski definition) is 0. The SMILES string of the molecule is COc1ncccc1S(=O)(=O)N1CCOC2(CCN(C(=O)C3CCCC3)CC2)C1. The topological polar surface area (TPSA) is 89.0 Å². The number of amides is 1. The van der Waals surface area contributed by atoms with Gasteiger partial charge in [-0.1, -0.05) is 12.8 Å². The van der Waals surface area contributed by atoms with E-state index < -0.39 is 15.6 Å². The molecule has 8 nitrogen and oxygen atoms in total. The Bertz CT molecular complexity index is 845. The molecule has 3 heterocycles. The first-order chi connectivity index (χ1) is 14.0. The number of likely N-dealkylation sites (tertiary alicyclic amines) is 1. The summed E-state index contributed by atoms with van der Waals surface area (Å²) in [6.45, 7) is 2.18. The largest absolute Gasteiger partial charge is 0.480 e. The number of pyridine rings is 1. The van der Waals surface area contributed by atoms with Gasteiger partial charge in [0.05, 0.1) is 19.3 Å². The van der Waals surface area contributed by atoms with Crippen molar-refractivity contribution in [2.24, 2.45) is 5.92 Å². The Morgan fingerprint density at radius 3 is 2.66 bits per heavy atom. The predicted molar refractivity (Wildman–Crippen MR) is 106 cm³/mol. The van der Waals surface area contributed by atoms with E-state index in [4.69, 9.17) is 9.47 Å². The van der Waals surface area contributed by atoms with Gasteiger partial charge in [0, 0.05) is 38.3 Å². The second kappa shape index (κ2) is 8.20. The fourth-order valence-corrected chi connectivity index (χ4v) is 6.35. The molecule has 0 unspecified atom stereocenters. The number of hydrogen-bond acceptors (Lipinski definition) is 6. The molecule has 1 amide bonds. The number of carbonyl (C=O) groups excluding carboxylic acids is 1. The van der Waals surface area contributed by atoms with E-state index in [0.717, 1.165) is 25.7 Å². The van der Waals surface area contributed by atoms with Gasteiger partial charge in [-0.3, -0.25) is 4.79 Å². The summed E-state index contributed by atoms with van der Waals surface area (Å²) in [5, 5.41) is 0. The van der Waals surface area contributed by atoms with Crippen molar-refractivity contribution in [1.29, 1.82) is 0 Å². The van der Waals surface area contributed by atoms with Crippen LogP contribution in [-0.2, 0) is 19.6 Å². The molecule has 1 spiro atoms. The number of sulfonamides is 1. The molecule has 1 aromatic rings. The Morgan fingerprint density at radius 1 is 1.24 bits per heavy atom. The van der Waals surface area contributed by atoms with E-state index in [1.807, 2.05) is 4.90 Å². The van der Waals surface area contributed by atoms with Crippen molar-refractivity contribution >= 4 is 15.9 Å². The second-order valence-electron chi connectivity index (χ2n) is 8.19. The van der Waals surface area contributed by atoms with Crippen LogP contribution in [0.15, 0.2) is 23.2 Å². The minimum absolute atomic E-state index is 0.0772. The lowest BCUT2D eigenvalue weighted by Crippen LogP contribution is -2.58. The van der Waals surface area contributed by atoms with Crippen LogP contribution in [0, 0.1) is 5.92 Å². The van der Waals surface area contributed by atoms with Crippen molar-refractivity contribution in [2.45, 2.75) is 49.0 Å². The lowest BCUT2D eigenvalue weighted by Gasteiger charge is -2.47. The summed E-state index contributed by atoms with van der Waals surface area (Å²) >= 11 is 0. The number of aromatic nitrogens is 1. The molecule has 9 heteroatoms. The molecule has 1 saturated carbocycles. The summed E-state index contributed by atoms with van der Waals surface area (Å²) in [5.74, 6) is 0.536.